The third-order valence-electron chi connectivity index (χ3n) is 3.53. The van der Waals surface area contributed by atoms with E-state index in [4.69, 9.17) is 9.47 Å². The van der Waals surface area contributed by atoms with Gasteiger partial charge in [0, 0.05) is 0 Å². The fourth-order valence-electron chi connectivity index (χ4n) is 2.42. The zero-order valence-electron chi connectivity index (χ0n) is 10.7. The molecule has 1 atom stereocenters. The fraction of sp³-hybridized carbons (Fsp3) is 0.643. The van der Waals surface area contributed by atoms with E-state index in [1.54, 1.807) is 7.11 Å². The molecule has 3 heteroatoms. The Bertz CT molecular complexity index is 303. The van der Waals surface area contributed by atoms with Crippen molar-refractivity contribution in [2.24, 2.45) is 5.92 Å². The molecule has 1 N–H and O–H groups in total. The first-order chi connectivity index (χ1) is 8.31. The van der Waals surface area contributed by atoms with Crippen molar-refractivity contribution in [3.05, 3.63) is 30.1 Å². The predicted molar refractivity (Wildman–Crippen MR) is 68.2 cm³/mol. The van der Waals surface area contributed by atoms with E-state index in [0.717, 1.165) is 31.0 Å². The Hall–Kier alpha value is -0.960. The molecule has 1 aliphatic carbocycles. The Labute approximate surface area is 104 Å². The molecule has 1 aliphatic heterocycles. The maximum Gasteiger partial charge on any atom is 0.157 e. The summed E-state index contributed by atoms with van der Waals surface area (Å²) in [6.07, 6.45) is 9.77. The largest absolute Gasteiger partial charge is 0.493 e. The van der Waals surface area contributed by atoms with Gasteiger partial charge in [0.1, 0.15) is 0 Å². The minimum atomic E-state index is 0.264. The summed E-state index contributed by atoms with van der Waals surface area (Å²) in [5, 5.41) is 3.38. The second kappa shape index (κ2) is 6.10. The van der Waals surface area contributed by atoms with Gasteiger partial charge in [-0.2, -0.15) is 0 Å². The predicted octanol–water partition coefficient (Wildman–Crippen LogP) is 2.41. The van der Waals surface area contributed by atoms with E-state index < -0.39 is 0 Å². The fourth-order valence-corrected chi connectivity index (χ4v) is 2.42. The Morgan fingerprint density at radius 2 is 2.06 bits per heavy atom. The van der Waals surface area contributed by atoms with Crippen LogP contribution >= 0.6 is 0 Å². The highest BCUT2D eigenvalue weighted by atomic mass is 16.5. The van der Waals surface area contributed by atoms with Gasteiger partial charge in [-0.3, -0.25) is 0 Å². The lowest BCUT2D eigenvalue weighted by Crippen LogP contribution is -2.34. The number of nitrogens with one attached hydrogen (secondary N) is 1. The summed E-state index contributed by atoms with van der Waals surface area (Å²) in [5.41, 5.74) is 0. The first kappa shape index (κ1) is 12.5. The lowest BCUT2D eigenvalue weighted by Gasteiger charge is -2.30. The SMILES string of the molecule is COC1=C[CH]CC=C1OC(C)C1CCNCC1. The molecule has 0 aromatic heterocycles. The standard InChI is InChI=1S/C14H22NO2/c1-11(12-7-9-15-10-8-12)17-14-6-4-3-5-13(14)16-2/h3,5-6,11-12,15H,4,7-10H2,1-2H3. The number of ether oxygens (including phenoxy) is 2. The van der Waals surface area contributed by atoms with Gasteiger partial charge in [0.25, 0.3) is 0 Å². The van der Waals surface area contributed by atoms with Gasteiger partial charge in [0.2, 0.25) is 0 Å². The van der Waals surface area contributed by atoms with Crippen LogP contribution in [0.25, 0.3) is 0 Å². The molecular formula is C14H22NO2. The molecular weight excluding hydrogens is 214 g/mol. The molecule has 2 rings (SSSR count). The van der Waals surface area contributed by atoms with Gasteiger partial charge in [-0.05, 0) is 63.8 Å². The summed E-state index contributed by atoms with van der Waals surface area (Å²) in [6.45, 7) is 4.39. The molecule has 1 radical (unpaired) electrons. The van der Waals surface area contributed by atoms with Crippen molar-refractivity contribution < 1.29 is 9.47 Å². The van der Waals surface area contributed by atoms with E-state index in [9.17, 15) is 0 Å². The Morgan fingerprint density at radius 3 is 2.76 bits per heavy atom. The normalized spacial score (nSPS) is 23.6. The van der Waals surface area contributed by atoms with Crippen LogP contribution in [0, 0.1) is 12.3 Å². The number of allylic oxidation sites excluding steroid dienone is 2. The molecule has 95 valence electrons. The Kier molecular flexibility index (Phi) is 4.49. The molecule has 17 heavy (non-hydrogen) atoms. The summed E-state index contributed by atoms with van der Waals surface area (Å²) >= 11 is 0. The molecule has 1 unspecified atom stereocenters. The number of methoxy groups -OCH3 is 1. The zero-order valence-corrected chi connectivity index (χ0v) is 10.7. The van der Waals surface area contributed by atoms with Crippen molar-refractivity contribution in [3.8, 4) is 0 Å². The van der Waals surface area contributed by atoms with Gasteiger partial charge in [0.05, 0.1) is 13.2 Å². The van der Waals surface area contributed by atoms with E-state index in [0.29, 0.717) is 5.92 Å². The highest BCUT2D eigenvalue weighted by Gasteiger charge is 2.23. The van der Waals surface area contributed by atoms with Crippen LogP contribution in [0.15, 0.2) is 23.7 Å². The molecule has 0 aromatic rings. The average molecular weight is 236 g/mol. The molecule has 0 spiro atoms. The molecule has 1 heterocycles. The highest BCUT2D eigenvalue weighted by molar-refractivity contribution is 5.28. The van der Waals surface area contributed by atoms with Crippen molar-refractivity contribution in [3.63, 3.8) is 0 Å². The van der Waals surface area contributed by atoms with Crippen molar-refractivity contribution in [2.45, 2.75) is 32.3 Å². The van der Waals surface area contributed by atoms with Gasteiger partial charge in [-0.15, -0.1) is 0 Å². The van der Waals surface area contributed by atoms with Gasteiger partial charge in [0.15, 0.2) is 11.5 Å². The second-order valence-corrected chi connectivity index (χ2v) is 4.69. The van der Waals surface area contributed by atoms with Crippen LogP contribution in [0.1, 0.15) is 26.2 Å². The first-order valence-electron chi connectivity index (χ1n) is 6.46. The lowest BCUT2D eigenvalue weighted by molar-refractivity contribution is 0.0552. The zero-order chi connectivity index (χ0) is 12.1. The highest BCUT2D eigenvalue weighted by Crippen LogP contribution is 2.26. The average Bonchev–Trinajstić information content (AvgIpc) is 2.40. The minimum Gasteiger partial charge on any atom is -0.493 e. The smallest absolute Gasteiger partial charge is 0.157 e. The monoisotopic (exact) mass is 236 g/mol. The number of rotatable bonds is 4. The van der Waals surface area contributed by atoms with Crippen LogP contribution in [-0.4, -0.2) is 26.3 Å². The molecule has 0 saturated carbocycles. The summed E-state index contributed by atoms with van der Waals surface area (Å²) in [6, 6.07) is 0. The number of hydrogen-bond donors (Lipinski definition) is 1. The molecule has 3 nitrogen and oxygen atoms in total. The third kappa shape index (κ3) is 3.25. The minimum absolute atomic E-state index is 0.264. The molecule has 0 amide bonds. The molecule has 0 bridgehead atoms. The van der Waals surface area contributed by atoms with Gasteiger partial charge in [-0.25, -0.2) is 0 Å². The quantitative estimate of drug-likeness (QED) is 0.813. The van der Waals surface area contributed by atoms with E-state index >= 15 is 0 Å². The lowest BCUT2D eigenvalue weighted by atomic mass is 9.93. The summed E-state index contributed by atoms with van der Waals surface area (Å²) in [4.78, 5) is 0. The van der Waals surface area contributed by atoms with E-state index in [1.807, 2.05) is 6.08 Å². The maximum atomic E-state index is 6.05. The van der Waals surface area contributed by atoms with Crippen LogP contribution in [0.2, 0.25) is 0 Å². The molecule has 1 saturated heterocycles. The number of piperidine rings is 1. The van der Waals surface area contributed by atoms with E-state index in [2.05, 4.69) is 24.7 Å². The van der Waals surface area contributed by atoms with Gasteiger partial charge >= 0.3 is 0 Å². The van der Waals surface area contributed by atoms with Crippen LogP contribution < -0.4 is 5.32 Å². The number of hydrogen-bond acceptors (Lipinski definition) is 3. The van der Waals surface area contributed by atoms with Crippen LogP contribution in [0.5, 0.6) is 0 Å². The third-order valence-corrected chi connectivity index (χ3v) is 3.53. The topological polar surface area (TPSA) is 30.5 Å². The van der Waals surface area contributed by atoms with E-state index in [-0.39, 0.29) is 6.10 Å². The molecule has 2 aliphatic rings. The second-order valence-electron chi connectivity index (χ2n) is 4.69. The van der Waals surface area contributed by atoms with Crippen molar-refractivity contribution >= 4 is 0 Å². The molecule has 0 aromatic carbocycles. The van der Waals surface area contributed by atoms with Crippen LogP contribution in [0.3, 0.4) is 0 Å². The maximum absolute atomic E-state index is 6.05. The summed E-state index contributed by atoms with van der Waals surface area (Å²) < 4.78 is 11.4. The van der Waals surface area contributed by atoms with E-state index in [1.165, 1.54) is 12.8 Å². The summed E-state index contributed by atoms with van der Waals surface area (Å²) in [7, 11) is 1.69. The van der Waals surface area contributed by atoms with Crippen LogP contribution in [0.4, 0.5) is 0 Å². The molecule has 1 fully saturated rings. The Morgan fingerprint density at radius 1 is 1.29 bits per heavy atom. The summed E-state index contributed by atoms with van der Waals surface area (Å²) in [5.74, 6) is 2.40. The van der Waals surface area contributed by atoms with Crippen LogP contribution in [-0.2, 0) is 9.47 Å². The van der Waals surface area contributed by atoms with Crippen molar-refractivity contribution in [1.82, 2.24) is 5.32 Å². The van der Waals surface area contributed by atoms with Gasteiger partial charge < -0.3 is 14.8 Å². The van der Waals surface area contributed by atoms with Crippen molar-refractivity contribution in [2.75, 3.05) is 20.2 Å². The van der Waals surface area contributed by atoms with Crippen molar-refractivity contribution in [1.29, 1.82) is 0 Å². The Balaban J connectivity index is 1.90. The van der Waals surface area contributed by atoms with Gasteiger partial charge in [-0.1, -0.05) is 0 Å². The first-order valence-corrected chi connectivity index (χ1v) is 6.46.